The standard InChI is InChI=1S/C15H30N2O/c1-4-14(5-2)12(3)17-15(18)9-8-13-7-6-10-16-11-13/h12-14,16H,4-11H2,1-3H3,(H,17,18). The van der Waals surface area contributed by atoms with Crippen LogP contribution in [0.15, 0.2) is 0 Å². The molecular weight excluding hydrogens is 224 g/mol. The highest BCUT2D eigenvalue weighted by Crippen LogP contribution is 2.16. The molecule has 0 aliphatic carbocycles. The first-order valence-electron chi connectivity index (χ1n) is 7.67. The van der Waals surface area contributed by atoms with E-state index in [0.717, 1.165) is 32.4 Å². The van der Waals surface area contributed by atoms with E-state index in [9.17, 15) is 4.79 Å². The van der Waals surface area contributed by atoms with Crippen LogP contribution in [0.3, 0.4) is 0 Å². The van der Waals surface area contributed by atoms with Crippen LogP contribution >= 0.6 is 0 Å². The van der Waals surface area contributed by atoms with Gasteiger partial charge in [-0.1, -0.05) is 26.7 Å². The maximum absolute atomic E-state index is 11.9. The topological polar surface area (TPSA) is 41.1 Å². The Balaban J connectivity index is 2.19. The van der Waals surface area contributed by atoms with Crippen molar-refractivity contribution < 1.29 is 4.79 Å². The van der Waals surface area contributed by atoms with Gasteiger partial charge in [-0.25, -0.2) is 0 Å². The van der Waals surface area contributed by atoms with Crippen molar-refractivity contribution in [3.05, 3.63) is 0 Å². The van der Waals surface area contributed by atoms with Crippen molar-refractivity contribution in [3.8, 4) is 0 Å². The first-order chi connectivity index (χ1) is 8.67. The molecule has 1 rings (SSSR count). The predicted octanol–water partition coefficient (Wildman–Crippen LogP) is 2.71. The third kappa shape index (κ3) is 5.38. The summed E-state index contributed by atoms with van der Waals surface area (Å²) < 4.78 is 0. The van der Waals surface area contributed by atoms with E-state index in [1.165, 1.54) is 12.8 Å². The summed E-state index contributed by atoms with van der Waals surface area (Å²) in [7, 11) is 0. The number of amides is 1. The minimum absolute atomic E-state index is 0.236. The zero-order chi connectivity index (χ0) is 13.4. The first kappa shape index (κ1) is 15.5. The molecule has 0 spiro atoms. The van der Waals surface area contributed by atoms with Crippen molar-refractivity contribution in [1.29, 1.82) is 0 Å². The number of hydrogen-bond acceptors (Lipinski definition) is 2. The average Bonchev–Trinajstić information content (AvgIpc) is 2.39. The third-order valence-electron chi connectivity index (χ3n) is 4.32. The summed E-state index contributed by atoms with van der Waals surface area (Å²) in [5.41, 5.74) is 0. The molecule has 0 radical (unpaired) electrons. The fraction of sp³-hybridized carbons (Fsp3) is 0.933. The fourth-order valence-electron chi connectivity index (χ4n) is 2.95. The highest BCUT2D eigenvalue weighted by Gasteiger charge is 2.18. The van der Waals surface area contributed by atoms with Gasteiger partial charge in [-0.15, -0.1) is 0 Å². The van der Waals surface area contributed by atoms with Crippen molar-refractivity contribution in [1.82, 2.24) is 10.6 Å². The second kappa shape index (κ2) is 8.52. The molecule has 106 valence electrons. The molecule has 2 unspecified atom stereocenters. The number of rotatable bonds is 7. The van der Waals surface area contributed by atoms with Gasteiger partial charge in [0.2, 0.25) is 5.91 Å². The Morgan fingerprint density at radius 1 is 1.39 bits per heavy atom. The maximum Gasteiger partial charge on any atom is 0.220 e. The quantitative estimate of drug-likeness (QED) is 0.733. The predicted molar refractivity (Wildman–Crippen MR) is 76.5 cm³/mol. The van der Waals surface area contributed by atoms with Crippen LogP contribution in [0.4, 0.5) is 0 Å². The summed E-state index contributed by atoms with van der Waals surface area (Å²) in [6.45, 7) is 8.77. The van der Waals surface area contributed by atoms with E-state index >= 15 is 0 Å². The summed E-state index contributed by atoms with van der Waals surface area (Å²) >= 11 is 0. The summed E-state index contributed by atoms with van der Waals surface area (Å²) in [4.78, 5) is 11.9. The number of piperidine rings is 1. The summed E-state index contributed by atoms with van der Waals surface area (Å²) in [6, 6.07) is 0.317. The monoisotopic (exact) mass is 254 g/mol. The Kier molecular flexibility index (Phi) is 7.33. The molecule has 1 fully saturated rings. The molecule has 1 aliphatic rings. The van der Waals surface area contributed by atoms with Crippen molar-refractivity contribution in [3.63, 3.8) is 0 Å². The lowest BCUT2D eigenvalue weighted by atomic mass is 9.93. The van der Waals surface area contributed by atoms with Gasteiger partial charge in [-0.3, -0.25) is 4.79 Å². The van der Waals surface area contributed by atoms with Crippen LogP contribution in [0.2, 0.25) is 0 Å². The van der Waals surface area contributed by atoms with Gasteiger partial charge in [-0.05, 0) is 51.1 Å². The molecule has 18 heavy (non-hydrogen) atoms. The van der Waals surface area contributed by atoms with E-state index < -0.39 is 0 Å². The van der Waals surface area contributed by atoms with Gasteiger partial charge in [0.05, 0.1) is 0 Å². The molecule has 3 heteroatoms. The summed E-state index contributed by atoms with van der Waals surface area (Å²) in [5, 5.41) is 6.57. The van der Waals surface area contributed by atoms with Crippen LogP contribution in [0.5, 0.6) is 0 Å². The van der Waals surface area contributed by atoms with Gasteiger partial charge in [0.1, 0.15) is 0 Å². The van der Waals surface area contributed by atoms with E-state index in [1.807, 2.05) is 0 Å². The highest BCUT2D eigenvalue weighted by atomic mass is 16.1. The molecule has 1 amide bonds. The van der Waals surface area contributed by atoms with Crippen LogP contribution in [0.1, 0.15) is 59.3 Å². The van der Waals surface area contributed by atoms with Gasteiger partial charge in [0.25, 0.3) is 0 Å². The summed E-state index contributed by atoms with van der Waals surface area (Å²) in [6.07, 6.45) is 6.55. The molecule has 1 saturated heterocycles. The van der Waals surface area contributed by atoms with Crippen molar-refractivity contribution in [2.45, 2.75) is 65.3 Å². The molecule has 0 aromatic rings. The lowest BCUT2D eigenvalue weighted by molar-refractivity contribution is -0.122. The average molecular weight is 254 g/mol. The molecule has 3 nitrogen and oxygen atoms in total. The fourth-order valence-corrected chi connectivity index (χ4v) is 2.95. The Bertz CT molecular complexity index is 233. The van der Waals surface area contributed by atoms with Crippen LogP contribution < -0.4 is 10.6 Å². The molecule has 0 bridgehead atoms. The van der Waals surface area contributed by atoms with Crippen molar-refractivity contribution in [2.75, 3.05) is 13.1 Å². The number of nitrogens with one attached hydrogen (secondary N) is 2. The normalized spacial score (nSPS) is 21.9. The van der Waals surface area contributed by atoms with E-state index in [-0.39, 0.29) is 5.91 Å². The van der Waals surface area contributed by atoms with E-state index in [4.69, 9.17) is 0 Å². The van der Waals surface area contributed by atoms with Crippen molar-refractivity contribution >= 4 is 5.91 Å². The van der Waals surface area contributed by atoms with Crippen LogP contribution in [-0.2, 0) is 4.79 Å². The minimum atomic E-state index is 0.236. The molecule has 2 N–H and O–H groups in total. The molecule has 2 atom stereocenters. The molecule has 0 saturated carbocycles. The Morgan fingerprint density at radius 3 is 2.67 bits per heavy atom. The van der Waals surface area contributed by atoms with Gasteiger partial charge in [0, 0.05) is 12.5 Å². The van der Waals surface area contributed by atoms with Crippen molar-refractivity contribution in [2.24, 2.45) is 11.8 Å². The van der Waals surface area contributed by atoms with Crippen LogP contribution in [0.25, 0.3) is 0 Å². The lowest BCUT2D eigenvalue weighted by Gasteiger charge is -2.24. The Labute approximate surface area is 112 Å². The minimum Gasteiger partial charge on any atom is -0.353 e. The lowest BCUT2D eigenvalue weighted by Crippen LogP contribution is -2.38. The largest absolute Gasteiger partial charge is 0.353 e. The number of carbonyl (C=O) groups excluding carboxylic acids is 1. The zero-order valence-corrected chi connectivity index (χ0v) is 12.3. The first-order valence-corrected chi connectivity index (χ1v) is 7.67. The smallest absolute Gasteiger partial charge is 0.220 e. The third-order valence-corrected chi connectivity index (χ3v) is 4.32. The highest BCUT2D eigenvalue weighted by molar-refractivity contribution is 5.76. The number of carbonyl (C=O) groups is 1. The second-order valence-corrected chi connectivity index (χ2v) is 5.68. The van der Waals surface area contributed by atoms with E-state index in [0.29, 0.717) is 24.3 Å². The summed E-state index contributed by atoms with van der Waals surface area (Å²) in [5.74, 6) is 1.55. The van der Waals surface area contributed by atoms with Gasteiger partial charge in [0.15, 0.2) is 0 Å². The van der Waals surface area contributed by atoms with Gasteiger partial charge < -0.3 is 10.6 Å². The van der Waals surface area contributed by atoms with E-state index in [2.05, 4.69) is 31.4 Å². The molecule has 1 heterocycles. The SMILES string of the molecule is CCC(CC)C(C)NC(=O)CCC1CCCNC1. The molecule has 0 aromatic carbocycles. The zero-order valence-electron chi connectivity index (χ0n) is 12.3. The maximum atomic E-state index is 11.9. The number of hydrogen-bond donors (Lipinski definition) is 2. The van der Waals surface area contributed by atoms with Gasteiger partial charge >= 0.3 is 0 Å². The second-order valence-electron chi connectivity index (χ2n) is 5.68. The molecule has 1 aliphatic heterocycles. The van der Waals surface area contributed by atoms with Gasteiger partial charge in [-0.2, -0.15) is 0 Å². The molecule has 0 aromatic heterocycles. The van der Waals surface area contributed by atoms with E-state index in [1.54, 1.807) is 0 Å². The molecular formula is C15H30N2O. The Morgan fingerprint density at radius 2 is 2.11 bits per heavy atom. The van der Waals surface area contributed by atoms with Crippen LogP contribution in [-0.4, -0.2) is 25.0 Å². The van der Waals surface area contributed by atoms with Crippen LogP contribution in [0, 0.1) is 11.8 Å². The Hall–Kier alpha value is -0.570.